The molecule has 0 fully saturated rings. The molecule has 6 heterocycles. The van der Waals surface area contributed by atoms with Gasteiger partial charge in [0.15, 0.2) is 41.7 Å². The van der Waals surface area contributed by atoms with Crippen LogP contribution in [0.2, 0.25) is 0 Å². The Bertz CT molecular complexity index is 5320. The molecule has 0 aliphatic heterocycles. The van der Waals surface area contributed by atoms with E-state index in [4.69, 9.17) is 18.9 Å². The first-order valence-corrected chi connectivity index (χ1v) is 39.2. The van der Waals surface area contributed by atoms with E-state index in [2.05, 4.69) is 81.5 Å². The van der Waals surface area contributed by atoms with Gasteiger partial charge < -0.3 is 44.7 Å². The number of sulfone groups is 3. The number of benzene rings is 6. The van der Waals surface area contributed by atoms with Crippen LogP contribution in [-0.2, 0) is 58.1 Å². The summed E-state index contributed by atoms with van der Waals surface area (Å²) in [7, 11) is -7.62. The van der Waals surface area contributed by atoms with Gasteiger partial charge >= 0.3 is 17.9 Å². The molecule has 12 aromatic rings. The number of hydrogen-bond acceptors (Lipinski definition) is 30. The number of thiazole rings is 3. The minimum absolute atomic E-state index is 0.0221. The summed E-state index contributed by atoms with van der Waals surface area (Å²) in [6, 6.07) is 26.0. The predicted octanol–water partition coefficient (Wildman–Crippen LogP) is 14.2. The number of methoxy groups -OCH3 is 3. The number of esters is 3. The van der Waals surface area contributed by atoms with Crippen LogP contribution in [0.5, 0.6) is 17.2 Å². The van der Waals surface area contributed by atoms with Gasteiger partial charge in [0.2, 0.25) is 0 Å². The van der Waals surface area contributed by atoms with Crippen LogP contribution >= 0.6 is 49.9 Å². The summed E-state index contributed by atoms with van der Waals surface area (Å²) >= 11 is 7.67. The second-order valence-corrected chi connectivity index (χ2v) is 37.7. The number of nitrogens with one attached hydrogen (secondary N) is 3. The lowest BCUT2D eigenvalue weighted by molar-refractivity contribution is -0.148. The van der Waals surface area contributed by atoms with Crippen molar-refractivity contribution in [2.75, 3.05) is 37.3 Å². The van der Waals surface area contributed by atoms with Gasteiger partial charge in [0.1, 0.15) is 73.2 Å². The molecule has 12 rings (SSSR count). The highest BCUT2D eigenvalue weighted by Gasteiger charge is 2.38. The average molecular weight is 1580 g/mol. The number of phenols is 1. The Morgan fingerprint density at radius 3 is 1.01 bits per heavy atom. The molecule has 0 saturated heterocycles. The molecule has 0 aliphatic carbocycles. The Morgan fingerprint density at radius 1 is 0.417 bits per heavy atom. The van der Waals surface area contributed by atoms with Crippen molar-refractivity contribution in [1.29, 1.82) is 0 Å². The molecule has 0 amide bonds. The van der Waals surface area contributed by atoms with Gasteiger partial charge in [-0.15, -0.1) is 34.0 Å². The Balaban J connectivity index is 0.000000172. The first kappa shape index (κ1) is 77.7. The fraction of sp³-hybridized carbons (Fsp3) is 0.304. The number of carbonyl (C=O) groups excluding carboxylic acids is 3. The minimum atomic E-state index is -3.86. The number of hydrogen-bond donors (Lipinski definition) is 4. The van der Waals surface area contributed by atoms with Crippen LogP contribution < -0.4 is 25.4 Å². The van der Waals surface area contributed by atoms with Crippen molar-refractivity contribution in [2.45, 2.75) is 129 Å². The number of rotatable bonds is 16. The maximum Gasteiger partial charge on any atom is 0.346 e. The normalized spacial score (nSPS) is 12.9. The molecule has 3 atom stereocenters. The summed E-state index contributed by atoms with van der Waals surface area (Å²) < 4.78 is 105. The molecule has 542 valence electrons. The second-order valence-electron chi connectivity index (χ2n) is 25.7. The largest absolute Gasteiger partial charge is 0.507 e. The van der Waals surface area contributed by atoms with Crippen LogP contribution in [0.25, 0.3) is 63.4 Å². The summed E-state index contributed by atoms with van der Waals surface area (Å²) in [5, 5.41) is 21.5. The molecular weight excluding hydrogens is 1510 g/mol. The number of phenolic OH excluding ortho intramolecular Hbond substituents is 1. The average Bonchev–Trinajstić information content (AvgIpc) is 1.29. The van der Waals surface area contributed by atoms with Gasteiger partial charge in [0.25, 0.3) is 0 Å². The van der Waals surface area contributed by atoms with Gasteiger partial charge in [-0.1, -0.05) is 15.9 Å². The minimum Gasteiger partial charge on any atom is -0.507 e. The molecule has 4 N–H and O–H groups in total. The summed E-state index contributed by atoms with van der Waals surface area (Å²) in [5.41, 5.74) is 11.5. The van der Waals surface area contributed by atoms with Crippen molar-refractivity contribution < 1.29 is 68.4 Å². The zero-order valence-electron chi connectivity index (χ0n) is 58.4. The van der Waals surface area contributed by atoms with E-state index >= 15 is 0 Å². The van der Waals surface area contributed by atoms with Crippen molar-refractivity contribution in [2.24, 2.45) is 0 Å². The molecule has 0 radical (unpaired) electrons. The molecule has 0 aliphatic rings. The SMILES string of the molecule is CC(C)(C)S(=O)(=O)c1cc2c(Nc3ccc4scnc4c3)ncnc2cc1O.COC(=O)C(C)Br.COC(=O)[C@@H](C)Oc1cc2ncnc(Nc3ccc4scnc4c3)c2cc1S(=O)(=O)C(C)(C)C.COC(=O)[C@H](C)Oc1cc2ncnc(Nc3ccc4scnc4c3)c2cc1S(=O)(=O)C(C)(C)C. The van der Waals surface area contributed by atoms with Crippen molar-refractivity contribution in [3.05, 3.63) is 127 Å². The molecule has 6 aromatic carbocycles. The molecule has 0 spiro atoms. The number of aromatic nitrogens is 9. The van der Waals surface area contributed by atoms with Crippen LogP contribution in [-0.4, -0.2) is 146 Å². The van der Waals surface area contributed by atoms with E-state index in [9.17, 15) is 44.7 Å². The fourth-order valence-corrected chi connectivity index (χ4v) is 15.5. The first-order valence-electron chi connectivity index (χ1n) is 31.2. The zero-order chi connectivity index (χ0) is 75.3. The predicted molar refractivity (Wildman–Crippen MR) is 404 cm³/mol. The number of alkyl halides is 1. The highest BCUT2D eigenvalue weighted by atomic mass is 79.9. The second kappa shape index (κ2) is 31.3. The molecule has 103 heavy (non-hydrogen) atoms. The number of nitrogens with zero attached hydrogens (tertiary/aromatic N) is 9. The number of carbonyl (C=O) groups is 3. The number of halogens is 1. The van der Waals surface area contributed by atoms with Crippen LogP contribution in [0.3, 0.4) is 0 Å². The molecule has 6 aromatic heterocycles. The summed E-state index contributed by atoms with van der Waals surface area (Å²) in [6.45, 7) is 19.1. The third-order valence-corrected chi connectivity index (χ3v) is 25.7. The van der Waals surface area contributed by atoms with Gasteiger partial charge in [0.05, 0.1) is 99.3 Å². The quantitative estimate of drug-likeness (QED) is 0.0396. The topological polar surface area (TPSA) is 372 Å². The van der Waals surface area contributed by atoms with Crippen LogP contribution in [0.15, 0.2) is 141 Å². The summed E-state index contributed by atoms with van der Waals surface area (Å²) in [5.74, 6) is -0.456. The van der Waals surface area contributed by atoms with Crippen molar-refractivity contribution in [1.82, 2.24) is 44.9 Å². The smallest absolute Gasteiger partial charge is 0.346 e. The lowest BCUT2D eigenvalue weighted by atomic mass is 10.2. The fourth-order valence-electron chi connectivity index (χ4n) is 9.50. The highest BCUT2D eigenvalue weighted by Crippen LogP contribution is 2.42. The number of aromatic hydroxyl groups is 1. The van der Waals surface area contributed by atoms with E-state index in [1.54, 1.807) is 120 Å². The summed E-state index contributed by atoms with van der Waals surface area (Å²) in [6.07, 6.45) is 2.08. The highest BCUT2D eigenvalue weighted by molar-refractivity contribution is 9.10. The van der Waals surface area contributed by atoms with Gasteiger partial charge in [-0.25, -0.2) is 79.7 Å². The van der Waals surface area contributed by atoms with E-state index in [-0.39, 0.29) is 42.7 Å². The Labute approximate surface area is 614 Å². The molecule has 0 bridgehead atoms. The van der Waals surface area contributed by atoms with E-state index in [0.29, 0.717) is 50.2 Å². The van der Waals surface area contributed by atoms with Crippen LogP contribution in [0.4, 0.5) is 34.5 Å². The zero-order valence-corrected chi connectivity index (χ0v) is 64.9. The van der Waals surface area contributed by atoms with Crippen LogP contribution in [0, 0.1) is 0 Å². The van der Waals surface area contributed by atoms with Crippen molar-refractivity contribution in [3.63, 3.8) is 0 Å². The molecule has 0 saturated carbocycles. The number of fused-ring (bicyclic) bond motifs is 6. The van der Waals surface area contributed by atoms with Gasteiger partial charge in [-0.05, 0) is 156 Å². The molecule has 1 unspecified atom stereocenters. The van der Waals surface area contributed by atoms with E-state index in [0.717, 1.165) is 47.7 Å². The Kier molecular flexibility index (Phi) is 23.6. The number of ether oxygens (including phenoxy) is 5. The molecular formula is C69H73BrN12O15S6. The standard InChI is InChI=1S/2C23H24N4O5S2.C19H18N4O3S2.C4H7BrO2/c2*1-13(22(28)31-5)32-18-10-16-15(9-20(18)34(29,30)23(2,3)4)21(25-11-24-16)27-14-6-7-19-17(8-14)26-12-33-19;1-19(2,3)28(25,26)17-7-12-13(8-15(17)24)20-9-21-18(12)23-11-4-5-16-14(6-11)22-10-27-16;1-3(5)4(6)7-2/h2*6-13H,1-5H3,(H,24,25,27);4-10,24H,1-3H3,(H,20,21,23);3H,1-2H3/t2*13-;;/m10../s1. The lowest BCUT2D eigenvalue weighted by Crippen LogP contribution is -2.30. The third kappa shape index (κ3) is 17.4. The summed E-state index contributed by atoms with van der Waals surface area (Å²) in [4.78, 5) is 72.3. The monoisotopic (exact) mass is 1580 g/mol. The molecule has 34 heteroatoms. The van der Waals surface area contributed by atoms with Crippen molar-refractivity contribution in [3.8, 4) is 17.2 Å². The van der Waals surface area contributed by atoms with E-state index in [1.807, 2.05) is 54.6 Å². The van der Waals surface area contributed by atoms with E-state index < -0.39 is 67.9 Å². The van der Waals surface area contributed by atoms with Gasteiger partial charge in [-0.3, -0.25) is 4.79 Å². The number of anilines is 6. The van der Waals surface area contributed by atoms with Gasteiger partial charge in [0, 0.05) is 51.4 Å². The van der Waals surface area contributed by atoms with Crippen LogP contribution in [0.1, 0.15) is 83.1 Å². The first-order chi connectivity index (χ1) is 48.4. The van der Waals surface area contributed by atoms with E-state index in [1.165, 1.54) is 90.6 Å². The Hall–Kier alpha value is -9.45. The van der Waals surface area contributed by atoms with Gasteiger partial charge in [-0.2, -0.15) is 0 Å². The Morgan fingerprint density at radius 2 is 0.718 bits per heavy atom. The maximum absolute atomic E-state index is 13.5. The molecule has 27 nitrogen and oxygen atoms in total. The third-order valence-electron chi connectivity index (χ3n) is 15.4. The maximum atomic E-state index is 13.5. The van der Waals surface area contributed by atoms with Crippen molar-refractivity contribution >= 4 is 195 Å². The lowest BCUT2D eigenvalue weighted by Gasteiger charge is -2.23.